The average Bonchev–Trinajstić information content (AvgIpc) is 2.84. The quantitative estimate of drug-likeness (QED) is 0.560. The van der Waals surface area contributed by atoms with Crippen molar-refractivity contribution in [3.63, 3.8) is 0 Å². The number of fused-ring (bicyclic) bond motifs is 6. The van der Waals surface area contributed by atoms with Gasteiger partial charge in [0.1, 0.15) is 5.75 Å². The first-order valence-electron chi connectivity index (χ1n) is 10.9. The Balaban J connectivity index is 0.000000149. The third-order valence-corrected chi connectivity index (χ3v) is 6.05. The number of aryl methyl sites for hydroxylation is 1. The van der Waals surface area contributed by atoms with Crippen molar-refractivity contribution in [3.8, 4) is 5.75 Å². The first-order chi connectivity index (χ1) is 15.3. The maximum absolute atomic E-state index is 11.9. The predicted molar refractivity (Wildman–Crippen MR) is 131 cm³/mol. The van der Waals surface area contributed by atoms with Crippen LogP contribution in [-0.4, -0.2) is 30.3 Å². The molecule has 5 heteroatoms. The van der Waals surface area contributed by atoms with Crippen LogP contribution in [0.4, 0.5) is 11.4 Å². The van der Waals surface area contributed by atoms with Gasteiger partial charge in [0.25, 0.3) is 0 Å². The minimum absolute atomic E-state index is 0. The first-order valence-corrected chi connectivity index (χ1v) is 10.9. The first kappa shape index (κ1) is 22.1. The van der Waals surface area contributed by atoms with Crippen molar-refractivity contribution in [2.75, 3.05) is 20.2 Å². The maximum atomic E-state index is 11.9. The SMILES string of the molecule is COc1cccc2ccc3c(c12)[N-]CCC3.[Be+2].[O-]C1C=CC=c2ccc3c(c21)[N-]CCC=3. The Morgan fingerprint density at radius 3 is 2.69 bits per heavy atom. The van der Waals surface area contributed by atoms with Gasteiger partial charge in [0, 0.05) is 5.39 Å². The van der Waals surface area contributed by atoms with Gasteiger partial charge >= 0.3 is 10.1 Å². The van der Waals surface area contributed by atoms with Crippen LogP contribution in [-0.2, 0) is 6.42 Å². The predicted octanol–water partition coefficient (Wildman–Crippen LogP) is 4.05. The van der Waals surface area contributed by atoms with Gasteiger partial charge in [0.15, 0.2) is 0 Å². The van der Waals surface area contributed by atoms with Gasteiger partial charge in [-0.25, -0.2) is 0 Å². The third kappa shape index (κ3) is 4.04. The fourth-order valence-corrected chi connectivity index (χ4v) is 4.56. The summed E-state index contributed by atoms with van der Waals surface area (Å²) in [5.74, 6) is 0.931. The van der Waals surface area contributed by atoms with Crippen LogP contribution in [0.1, 0.15) is 30.1 Å². The normalized spacial score (nSPS) is 17.4. The van der Waals surface area contributed by atoms with Crippen LogP contribution in [0.15, 0.2) is 54.6 Å². The van der Waals surface area contributed by atoms with E-state index in [1.807, 2.05) is 30.4 Å². The molecule has 0 aromatic heterocycles. The molecule has 3 aromatic rings. The molecule has 0 spiro atoms. The summed E-state index contributed by atoms with van der Waals surface area (Å²) in [4.78, 5) is 0. The largest absolute Gasteiger partial charge is 2.00 e. The van der Waals surface area contributed by atoms with E-state index < -0.39 is 6.10 Å². The number of hydrogen-bond acceptors (Lipinski definition) is 2. The molecule has 3 aliphatic rings. The molecule has 0 radical (unpaired) electrons. The minimum Gasteiger partial charge on any atom is -0.846 e. The van der Waals surface area contributed by atoms with Gasteiger partial charge < -0.3 is 20.5 Å². The zero-order valence-electron chi connectivity index (χ0n) is 18.4. The van der Waals surface area contributed by atoms with Crippen LogP contribution in [0.2, 0.25) is 0 Å². The molecule has 4 nitrogen and oxygen atoms in total. The number of benzene rings is 3. The second-order valence-corrected chi connectivity index (χ2v) is 7.97. The molecule has 0 fully saturated rings. The molecule has 0 saturated heterocycles. The Kier molecular flexibility index (Phi) is 6.64. The molecule has 158 valence electrons. The molecule has 1 atom stereocenters. The summed E-state index contributed by atoms with van der Waals surface area (Å²) < 4.78 is 5.43. The van der Waals surface area contributed by atoms with E-state index in [1.165, 1.54) is 16.3 Å². The topological polar surface area (TPSA) is 60.5 Å². The number of nitrogens with zero attached hydrogens (tertiary/aromatic N) is 2. The van der Waals surface area contributed by atoms with E-state index in [9.17, 15) is 5.11 Å². The van der Waals surface area contributed by atoms with Crippen molar-refractivity contribution >= 4 is 44.4 Å². The Morgan fingerprint density at radius 1 is 0.969 bits per heavy atom. The zero-order chi connectivity index (χ0) is 21.2. The van der Waals surface area contributed by atoms with Gasteiger partial charge in [0.05, 0.1) is 7.11 Å². The van der Waals surface area contributed by atoms with Gasteiger partial charge in [-0.1, -0.05) is 90.8 Å². The summed E-state index contributed by atoms with van der Waals surface area (Å²) in [6.07, 6.45) is 10.2. The average molecular weight is 419 g/mol. The molecule has 0 amide bonds. The van der Waals surface area contributed by atoms with Crippen LogP contribution in [0.25, 0.3) is 33.6 Å². The van der Waals surface area contributed by atoms with Gasteiger partial charge in [-0.2, -0.15) is 0 Å². The van der Waals surface area contributed by atoms with E-state index >= 15 is 0 Å². The summed E-state index contributed by atoms with van der Waals surface area (Å²) in [6, 6.07) is 14.6. The molecular formula is C27H25BeN2O2-. The van der Waals surface area contributed by atoms with Gasteiger partial charge in [-0.05, 0) is 28.3 Å². The molecule has 0 bridgehead atoms. The molecular weight excluding hydrogens is 393 g/mol. The van der Waals surface area contributed by atoms with Crippen molar-refractivity contribution in [2.24, 2.45) is 0 Å². The van der Waals surface area contributed by atoms with E-state index in [2.05, 4.69) is 41.0 Å². The van der Waals surface area contributed by atoms with Crippen LogP contribution < -0.4 is 20.3 Å². The van der Waals surface area contributed by atoms with Crippen molar-refractivity contribution in [1.82, 2.24) is 0 Å². The number of ether oxygens (including phenoxy) is 1. The Labute approximate surface area is 192 Å². The molecule has 1 unspecified atom stereocenters. The van der Waals surface area contributed by atoms with Gasteiger partial charge in [-0.15, -0.1) is 24.5 Å². The van der Waals surface area contributed by atoms with E-state index in [1.54, 1.807) is 13.2 Å². The van der Waals surface area contributed by atoms with Crippen LogP contribution in [0.5, 0.6) is 5.75 Å². The number of methoxy groups -OCH3 is 1. The summed E-state index contributed by atoms with van der Waals surface area (Å²) >= 11 is 0. The second-order valence-electron chi connectivity index (χ2n) is 7.97. The van der Waals surface area contributed by atoms with Crippen LogP contribution >= 0.6 is 0 Å². The fraction of sp³-hybridized carbons (Fsp3) is 0.259. The van der Waals surface area contributed by atoms with E-state index in [4.69, 9.17) is 4.74 Å². The van der Waals surface area contributed by atoms with Gasteiger partial charge in [-0.3, -0.25) is 0 Å². The van der Waals surface area contributed by atoms with Crippen LogP contribution in [0, 0.1) is 0 Å². The Morgan fingerprint density at radius 2 is 1.81 bits per heavy atom. The molecule has 2 aliphatic heterocycles. The molecule has 32 heavy (non-hydrogen) atoms. The number of rotatable bonds is 1. The molecule has 0 N–H and O–H groups in total. The smallest absolute Gasteiger partial charge is 0.846 e. The molecule has 3 aromatic carbocycles. The summed E-state index contributed by atoms with van der Waals surface area (Å²) in [7, 11) is 1.72. The second kappa shape index (κ2) is 9.60. The molecule has 2 heterocycles. The fourth-order valence-electron chi connectivity index (χ4n) is 4.56. The van der Waals surface area contributed by atoms with Gasteiger partial charge in [0.2, 0.25) is 0 Å². The number of hydrogen-bond donors (Lipinski definition) is 0. The van der Waals surface area contributed by atoms with Crippen molar-refractivity contribution in [2.45, 2.75) is 25.4 Å². The number of allylic oxidation sites excluding steroid dienone is 1. The zero-order valence-corrected chi connectivity index (χ0v) is 18.4. The Hall–Kier alpha value is -3.07. The monoisotopic (exact) mass is 418 g/mol. The summed E-state index contributed by atoms with van der Waals surface area (Å²) in [6.45, 7) is 1.74. The maximum Gasteiger partial charge on any atom is 2.00 e. The van der Waals surface area contributed by atoms with Crippen molar-refractivity contribution in [3.05, 3.63) is 86.8 Å². The summed E-state index contributed by atoms with van der Waals surface area (Å²) in [5.41, 5.74) is 4.26. The van der Waals surface area contributed by atoms with E-state index in [0.29, 0.717) is 0 Å². The van der Waals surface area contributed by atoms with E-state index in [0.717, 1.165) is 65.5 Å². The third-order valence-electron chi connectivity index (χ3n) is 6.05. The molecule has 0 saturated carbocycles. The van der Waals surface area contributed by atoms with Crippen molar-refractivity contribution in [1.29, 1.82) is 0 Å². The summed E-state index contributed by atoms with van der Waals surface area (Å²) in [5, 5.41) is 25.5. The molecule has 6 rings (SSSR count). The standard InChI is InChI=1S/C14H14NO.C13H11NO.Be/c1-16-12-6-2-4-10-7-8-11-5-3-9-15-14(11)13(10)12;15-11-5-1-3-9-6-7-10-4-2-8-14-13(10)12(9)11;/h2,4,6-8H,3,5,9H2,1H3;1,3-7,11H,2,8H2;/q-1;-2;+2. The van der Waals surface area contributed by atoms with Crippen molar-refractivity contribution < 1.29 is 9.84 Å². The van der Waals surface area contributed by atoms with E-state index in [-0.39, 0.29) is 10.1 Å². The Bertz CT molecular complexity index is 1280. The molecule has 1 aliphatic carbocycles. The van der Waals surface area contributed by atoms with Crippen LogP contribution in [0.3, 0.4) is 0 Å². The minimum atomic E-state index is -0.754.